The van der Waals surface area contributed by atoms with Crippen LogP contribution in [0.2, 0.25) is 0 Å². The largest absolute Gasteiger partial charge is 0.573 e. The van der Waals surface area contributed by atoms with E-state index >= 15 is 0 Å². The average Bonchev–Trinajstić information content (AvgIpc) is 2.38. The van der Waals surface area contributed by atoms with Gasteiger partial charge in [0.15, 0.2) is 0 Å². The first-order chi connectivity index (χ1) is 9.39. The fraction of sp³-hybridized carbons (Fsp3) is 0.154. The first-order valence-corrected chi connectivity index (χ1v) is 5.58. The van der Waals surface area contributed by atoms with Gasteiger partial charge in [0, 0.05) is 11.3 Å². The number of hydrogen-bond donors (Lipinski definition) is 2. The van der Waals surface area contributed by atoms with Gasteiger partial charge in [-0.25, -0.2) is 0 Å². The van der Waals surface area contributed by atoms with Gasteiger partial charge in [-0.15, -0.1) is 13.2 Å². The molecule has 4 nitrogen and oxygen atoms in total. The summed E-state index contributed by atoms with van der Waals surface area (Å²) in [5.74, 6) is -0.357. The fourth-order valence-corrected chi connectivity index (χ4v) is 1.67. The van der Waals surface area contributed by atoms with E-state index < -0.39 is 11.9 Å². The smallest absolute Gasteiger partial charge is 0.406 e. The Kier molecular flexibility index (Phi) is 3.80. The predicted octanol–water partition coefficient (Wildman–Crippen LogP) is 2.43. The van der Waals surface area contributed by atoms with E-state index in [2.05, 4.69) is 9.72 Å². The SMILES string of the molecule is O=c1[nH]c(CO)ccc1-c1ccc(OC(F)(F)F)cc1. The van der Waals surface area contributed by atoms with Crippen LogP contribution in [0, 0.1) is 0 Å². The van der Waals surface area contributed by atoms with Gasteiger partial charge in [-0.1, -0.05) is 12.1 Å². The molecule has 2 N–H and O–H groups in total. The molecule has 0 atom stereocenters. The Morgan fingerprint density at radius 1 is 1.10 bits per heavy atom. The zero-order valence-electron chi connectivity index (χ0n) is 10.1. The van der Waals surface area contributed by atoms with E-state index in [1.54, 1.807) is 0 Å². The monoisotopic (exact) mass is 285 g/mol. The van der Waals surface area contributed by atoms with Gasteiger partial charge < -0.3 is 14.8 Å². The molecule has 2 rings (SSSR count). The standard InChI is InChI=1S/C13H10F3NO3/c14-13(15,16)20-10-4-1-8(2-5-10)11-6-3-9(7-18)17-12(11)19/h1-6,18H,7H2,(H,17,19). The number of nitrogens with one attached hydrogen (secondary N) is 1. The highest BCUT2D eigenvalue weighted by Crippen LogP contribution is 2.25. The Morgan fingerprint density at radius 2 is 1.75 bits per heavy atom. The number of aliphatic hydroxyl groups is 1. The van der Waals surface area contributed by atoms with Crippen LogP contribution in [-0.2, 0) is 6.61 Å². The van der Waals surface area contributed by atoms with Gasteiger partial charge in [-0.3, -0.25) is 4.79 Å². The van der Waals surface area contributed by atoms with E-state index in [-0.39, 0.29) is 12.4 Å². The first-order valence-electron chi connectivity index (χ1n) is 5.58. The van der Waals surface area contributed by atoms with Crippen molar-refractivity contribution in [3.63, 3.8) is 0 Å². The van der Waals surface area contributed by atoms with Crippen molar-refractivity contribution >= 4 is 0 Å². The van der Waals surface area contributed by atoms with Crippen LogP contribution < -0.4 is 10.3 Å². The molecule has 0 amide bonds. The van der Waals surface area contributed by atoms with Crippen molar-refractivity contribution in [2.24, 2.45) is 0 Å². The zero-order valence-corrected chi connectivity index (χ0v) is 10.1. The molecule has 20 heavy (non-hydrogen) atoms. The predicted molar refractivity (Wildman–Crippen MR) is 65.1 cm³/mol. The Hall–Kier alpha value is -2.28. The van der Waals surface area contributed by atoms with Crippen LogP contribution in [0.5, 0.6) is 5.75 Å². The molecular weight excluding hydrogens is 275 g/mol. The molecule has 1 aromatic heterocycles. The summed E-state index contributed by atoms with van der Waals surface area (Å²) < 4.78 is 39.8. The summed E-state index contributed by atoms with van der Waals surface area (Å²) in [4.78, 5) is 14.2. The quantitative estimate of drug-likeness (QED) is 0.910. The molecule has 0 fully saturated rings. The Labute approximate surface area is 111 Å². The minimum Gasteiger partial charge on any atom is -0.406 e. The van der Waals surface area contributed by atoms with E-state index in [1.165, 1.54) is 24.3 Å². The summed E-state index contributed by atoms with van der Waals surface area (Å²) in [6.45, 7) is -0.298. The van der Waals surface area contributed by atoms with Crippen molar-refractivity contribution in [3.8, 4) is 16.9 Å². The third-order valence-electron chi connectivity index (χ3n) is 2.54. The molecule has 0 saturated heterocycles. The molecule has 7 heteroatoms. The highest BCUT2D eigenvalue weighted by Gasteiger charge is 2.30. The van der Waals surface area contributed by atoms with Gasteiger partial charge in [-0.05, 0) is 29.8 Å². The molecule has 0 spiro atoms. The zero-order chi connectivity index (χ0) is 14.8. The molecule has 1 heterocycles. The third kappa shape index (κ3) is 3.39. The number of halogens is 3. The van der Waals surface area contributed by atoms with Gasteiger partial charge >= 0.3 is 6.36 Å². The molecule has 0 bridgehead atoms. The average molecular weight is 285 g/mol. The maximum Gasteiger partial charge on any atom is 0.573 e. The van der Waals surface area contributed by atoms with E-state index in [0.29, 0.717) is 16.8 Å². The molecule has 106 valence electrons. The van der Waals surface area contributed by atoms with Crippen molar-refractivity contribution < 1.29 is 23.0 Å². The van der Waals surface area contributed by atoms with Crippen molar-refractivity contribution in [1.29, 1.82) is 0 Å². The van der Waals surface area contributed by atoms with Crippen molar-refractivity contribution in [2.45, 2.75) is 13.0 Å². The minimum atomic E-state index is -4.75. The van der Waals surface area contributed by atoms with Crippen molar-refractivity contribution in [1.82, 2.24) is 4.98 Å². The van der Waals surface area contributed by atoms with Crippen LogP contribution in [0.1, 0.15) is 5.69 Å². The van der Waals surface area contributed by atoms with Crippen LogP contribution in [-0.4, -0.2) is 16.5 Å². The molecular formula is C13H10F3NO3. The number of aliphatic hydroxyl groups excluding tert-OH is 1. The summed E-state index contributed by atoms with van der Waals surface area (Å²) in [7, 11) is 0. The van der Waals surface area contributed by atoms with Gasteiger partial charge in [0.1, 0.15) is 5.75 Å². The number of hydrogen-bond acceptors (Lipinski definition) is 3. The number of benzene rings is 1. The Morgan fingerprint density at radius 3 is 2.25 bits per heavy atom. The normalized spacial score (nSPS) is 11.4. The third-order valence-corrected chi connectivity index (χ3v) is 2.54. The second-order valence-corrected chi connectivity index (χ2v) is 3.96. The maximum atomic E-state index is 12.0. The lowest BCUT2D eigenvalue weighted by Gasteiger charge is -2.09. The lowest BCUT2D eigenvalue weighted by molar-refractivity contribution is -0.274. The second-order valence-electron chi connectivity index (χ2n) is 3.96. The lowest BCUT2D eigenvalue weighted by Crippen LogP contribution is -2.17. The topological polar surface area (TPSA) is 62.3 Å². The molecule has 1 aromatic carbocycles. The van der Waals surface area contributed by atoms with E-state index in [1.807, 2.05) is 0 Å². The molecule has 0 aliphatic heterocycles. The number of H-pyrrole nitrogens is 1. The summed E-state index contributed by atoms with van der Waals surface area (Å²) in [6, 6.07) is 7.97. The van der Waals surface area contributed by atoms with Crippen LogP contribution in [0.3, 0.4) is 0 Å². The molecule has 2 aromatic rings. The van der Waals surface area contributed by atoms with Crippen molar-refractivity contribution in [2.75, 3.05) is 0 Å². The van der Waals surface area contributed by atoms with Crippen LogP contribution in [0.25, 0.3) is 11.1 Å². The van der Waals surface area contributed by atoms with Crippen molar-refractivity contribution in [3.05, 3.63) is 52.4 Å². The number of ether oxygens (including phenoxy) is 1. The van der Waals surface area contributed by atoms with Gasteiger partial charge in [0.2, 0.25) is 0 Å². The Balaban J connectivity index is 2.28. The fourth-order valence-electron chi connectivity index (χ4n) is 1.67. The van der Waals surface area contributed by atoms with E-state index in [0.717, 1.165) is 12.1 Å². The lowest BCUT2D eigenvalue weighted by atomic mass is 10.1. The number of pyridine rings is 1. The highest BCUT2D eigenvalue weighted by molar-refractivity contribution is 5.63. The number of rotatable bonds is 3. The summed E-state index contributed by atoms with van der Waals surface area (Å²) in [5.41, 5.74) is 0.669. The van der Waals surface area contributed by atoms with Crippen LogP contribution in [0.4, 0.5) is 13.2 Å². The highest BCUT2D eigenvalue weighted by atomic mass is 19.4. The molecule has 0 aliphatic carbocycles. The number of aromatic amines is 1. The number of alkyl halides is 3. The second kappa shape index (κ2) is 5.38. The van der Waals surface area contributed by atoms with E-state index in [4.69, 9.17) is 5.11 Å². The maximum absolute atomic E-state index is 12.0. The van der Waals surface area contributed by atoms with Crippen LogP contribution in [0.15, 0.2) is 41.2 Å². The summed E-state index contributed by atoms with van der Waals surface area (Å²) >= 11 is 0. The minimum absolute atomic E-state index is 0.292. The molecule has 0 aliphatic rings. The summed E-state index contributed by atoms with van der Waals surface area (Å²) in [5, 5.41) is 8.87. The van der Waals surface area contributed by atoms with Gasteiger partial charge in [-0.2, -0.15) is 0 Å². The van der Waals surface area contributed by atoms with Gasteiger partial charge in [0.25, 0.3) is 5.56 Å². The Bertz CT molecular complexity index is 647. The van der Waals surface area contributed by atoms with Crippen LogP contribution >= 0.6 is 0 Å². The molecule has 0 unspecified atom stereocenters. The molecule has 0 radical (unpaired) electrons. The summed E-state index contributed by atoms with van der Waals surface area (Å²) in [6.07, 6.45) is -4.75. The first kappa shape index (κ1) is 14.1. The number of aromatic nitrogens is 1. The molecule has 0 saturated carbocycles. The van der Waals surface area contributed by atoms with E-state index in [9.17, 15) is 18.0 Å². The van der Waals surface area contributed by atoms with Gasteiger partial charge in [0.05, 0.1) is 6.61 Å².